The molecule has 10 heteroatoms. The van der Waals surface area contributed by atoms with Crippen LogP contribution in [0.3, 0.4) is 0 Å². The lowest BCUT2D eigenvalue weighted by Gasteiger charge is -2.17. The van der Waals surface area contributed by atoms with Gasteiger partial charge in [0.25, 0.3) is 0 Å². The van der Waals surface area contributed by atoms with E-state index >= 15 is 0 Å². The second kappa shape index (κ2) is 43.2. The highest BCUT2D eigenvalue weighted by molar-refractivity contribution is 7.40. The Morgan fingerprint density at radius 3 is 1.25 bits per heavy atom. The van der Waals surface area contributed by atoms with E-state index in [2.05, 4.69) is 23.4 Å². The van der Waals surface area contributed by atoms with Crippen molar-refractivity contribution in [1.82, 2.24) is 0 Å². The predicted molar refractivity (Wildman–Crippen MR) is 201 cm³/mol. The molecule has 0 spiro atoms. The minimum Gasteiger partial charge on any atom is -0.355 e. The Balaban J connectivity index is 3.74. The molecule has 0 aromatic heterocycles. The van der Waals surface area contributed by atoms with E-state index in [1.165, 1.54) is 167 Å². The third kappa shape index (κ3) is 40.5. The van der Waals surface area contributed by atoms with E-state index in [1.807, 2.05) is 0 Å². The highest BCUT2D eigenvalue weighted by atomic mass is 31.2. The summed E-state index contributed by atoms with van der Waals surface area (Å²) in [6, 6.07) is 0. The van der Waals surface area contributed by atoms with Gasteiger partial charge in [0.2, 0.25) is 0 Å². The van der Waals surface area contributed by atoms with E-state index in [0.717, 1.165) is 12.8 Å². The Bertz CT molecular complexity index is 581. The van der Waals surface area contributed by atoms with Gasteiger partial charge in [0.15, 0.2) is 0 Å². The molecule has 0 heterocycles. The highest BCUT2D eigenvalue weighted by Gasteiger charge is 2.21. The maximum atomic E-state index is 9.80. The Hall–Kier alpha value is 0.0700. The quantitative estimate of drug-likeness (QED) is 0.0210. The Kier molecular flexibility index (Phi) is 43.3. The summed E-state index contributed by atoms with van der Waals surface area (Å²) >= 11 is 0. The summed E-state index contributed by atoms with van der Waals surface area (Å²) in [5.41, 5.74) is 5.22. The zero-order chi connectivity index (χ0) is 34.9. The van der Waals surface area contributed by atoms with Crippen molar-refractivity contribution in [3.63, 3.8) is 0 Å². The third-order valence-corrected chi connectivity index (χ3v) is 9.41. The monoisotopic (exact) mass is 711 g/mol. The van der Waals surface area contributed by atoms with Crippen molar-refractivity contribution < 1.29 is 37.9 Å². The predicted octanol–water partition coefficient (Wildman–Crippen LogP) is 11.1. The molecule has 0 aliphatic heterocycles. The third-order valence-electron chi connectivity index (χ3n) is 8.73. The topological polar surface area (TPSA) is 111 Å². The average Bonchev–Trinajstić information content (AvgIpc) is 3.10. The Morgan fingerprint density at radius 1 is 0.479 bits per heavy atom. The van der Waals surface area contributed by atoms with Gasteiger partial charge in [0.1, 0.15) is 33.0 Å². The fraction of sp³-hybridized carbons (Fsp3) is 1.00. The van der Waals surface area contributed by atoms with Crippen LogP contribution in [0.25, 0.3) is 0 Å². The van der Waals surface area contributed by atoms with Gasteiger partial charge < -0.3 is 24.7 Å². The molecule has 3 N–H and O–H groups in total. The molecule has 0 fully saturated rings. The smallest absolute Gasteiger partial charge is 0.355 e. The molecule has 0 aromatic carbocycles. The van der Waals surface area contributed by atoms with Gasteiger partial charge in [-0.1, -0.05) is 181 Å². The minimum atomic E-state index is -2.58. The summed E-state index contributed by atoms with van der Waals surface area (Å²) in [5.74, 6) is 0. The molecular formula is C38H81NO8P+. The lowest BCUT2D eigenvalue weighted by Crippen LogP contribution is -2.27. The Morgan fingerprint density at radius 2 is 0.854 bits per heavy atom. The number of hydrogen-bond donors (Lipinski definition) is 2. The molecule has 0 aliphatic carbocycles. The van der Waals surface area contributed by atoms with Crippen LogP contribution in [0.1, 0.15) is 194 Å². The molecule has 9 nitrogen and oxygen atoms in total. The van der Waals surface area contributed by atoms with Gasteiger partial charge in [0.05, 0.1) is 6.61 Å². The van der Waals surface area contributed by atoms with Crippen LogP contribution in [-0.4, -0.2) is 57.7 Å². The summed E-state index contributed by atoms with van der Waals surface area (Å²) in [5, 5.41) is 0. The van der Waals surface area contributed by atoms with Gasteiger partial charge in [0, 0.05) is 13.2 Å². The minimum absolute atomic E-state index is 0.0832. The second-order valence-corrected chi connectivity index (χ2v) is 14.3. The number of unbranched alkanes of at least 4 members (excludes halogenated alkanes) is 26. The van der Waals surface area contributed by atoms with E-state index in [1.54, 1.807) is 0 Å². The number of hydrogen-bond acceptors (Lipinski definition) is 9. The van der Waals surface area contributed by atoms with Crippen LogP contribution in [0.5, 0.6) is 0 Å². The van der Waals surface area contributed by atoms with Crippen molar-refractivity contribution in [3.05, 3.63) is 0 Å². The maximum absolute atomic E-state index is 9.80. The van der Waals surface area contributed by atoms with Crippen LogP contribution in [0, 0.1) is 0 Å². The van der Waals surface area contributed by atoms with Crippen molar-refractivity contribution in [2.75, 3.05) is 46.7 Å². The molecule has 2 atom stereocenters. The molecule has 0 amide bonds. The SMILES string of the molecule is CCCCCCCCCCCCCCCCCOCOC(COCOCCCCCCCCCCCCCCC)CO[PH+](O)OOCN. The molecule has 0 saturated heterocycles. The van der Waals surface area contributed by atoms with Crippen molar-refractivity contribution in [3.8, 4) is 0 Å². The molecular weight excluding hydrogens is 629 g/mol. The van der Waals surface area contributed by atoms with Crippen molar-refractivity contribution in [2.45, 2.75) is 200 Å². The van der Waals surface area contributed by atoms with Gasteiger partial charge in [-0.25, -0.2) is 0 Å². The van der Waals surface area contributed by atoms with Crippen molar-refractivity contribution >= 4 is 8.60 Å². The first-order valence-electron chi connectivity index (χ1n) is 20.3. The number of nitrogens with two attached hydrogens (primary N) is 1. The van der Waals surface area contributed by atoms with Crippen molar-refractivity contribution in [2.24, 2.45) is 5.73 Å². The summed E-state index contributed by atoms with van der Waals surface area (Å²) in [6.45, 7) is 6.43. The zero-order valence-electron chi connectivity index (χ0n) is 31.7. The van der Waals surface area contributed by atoms with Gasteiger partial charge in [-0.3, -0.25) is 0 Å². The van der Waals surface area contributed by atoms with E-state index in [9.17, 15) is 4.89 Å². The first-order chi connectivity index (χ1) is 23.7. The van der Waals surface area contributed by atoms with E-state index in [0.29, 0.717) is 13.2 Å². The molecule has 0 saturated carbocycles. The van der Waals surface area contributed by atoms with Crippen LogP contribution < -0.4 is 5.73 Å². The van der Waals surface area contributed by atoms with Crippen LogP contribution >= 0.6 is 8.60 Å². The number of ether oxygens (including phenoxy) is 4. The number of rotatable bonds is 43. The fourth-order valence-corrected chi connectivity index (χ4v) is 6.26. The summed E-state index contributed by atoms with van der Waals surface area (Å²) in [7, 11) is -2.58. The van der Waals surface area contributed by atoms with Crippen LogP contribution in [-0.2, 0) is 33.0 Å². The normalized spacial score (nSPS) is 13.0. The molecule has 0 rings (SSSR count). The van der Waals surface area contributed by atoms with Gasteiger partial charge in [-0.05, 0) is 17.5 Å². The molecule has 2 unspecified atom stereocenters. The zero-order valence-corrected chi connectivity index (χ0v) is 32.7. The second-order valence-electron chi connectivity index (χ2n) is 13.3. The lowest BCUT2D eigenvalue weighted by atomic mass is 10.0. The van der Waals surface area contributed by atoms with Crippen molar-refractivity contribution in [1.29, 1.82) is 0 Å². The first-order valence-corrected chi connectivity index (χ1v) is 21.5. The van der Waals surface area contributed by atoms with Gasteiger partial charge >= 0.3 is 8.60 Å². The molecule has 48 heavy (non-hydrogen) atoms. The molecule has 0 radical (unpaired) electrons. The molecule has 290 valence electrons. The molecule has 0 aromatic rings. The van der Waals surface area contributed by atoms with E-state index < -0.39 is 14.7 Å². The average molecular weight is 711 g/mol. The Labute approximate surface area is 298 Å². The van der Waals surface area contributed by atoms with Gasteiger partial charge in [-0.2, -0.15) is 14.3 Å². The van der Waals surface area contributed by atoms with Crippen LogP contribution in [0.2, 0.25) is 0 Å². The van der Waals surface area contributed by atoms with E-state index in [4.69, 9.17) is 29.2 Å². The standard InChI is InChI=1S/C38H81NO8P/c1-3-5-7-9-11-13-15-17-18-20-22-24-26-28-30-32-42-37-44-38(34-46-48(40)47-45-35-39)33-43-36-41-31-29-27-25-23-21-19-16-14-12-10-8-6-4-2/h38,40,48H,3-37,39H2,1-2H3/q+1. The summed E-state index contributed by atoms with van der Waals surface area (Å²) in [6.07, 6.45) is 37.0. The maximum Gasteiger partial charge on any atom is 0.435 e. The van der Waals surface area contributed by atoms with Crippen LogP contribution in [0.4, 0.5) is 0 Å². The van der Waals surface area contributed by atoms with E-state index in [-0.39, 0.29) is 33.5 Å². The summed E-state index contributed by atoms with van der Waals surface area (Å²) in [4.78, 5) is 14.4. The lowest BCUT2D eigenvalue weighted by molar-refractivity contribution is -0.215. The molecule has 0 bridgehead atoms. The first kappa shape index (κ1) is 48.1. The fourth-order valence-electron chi connectivity index (χ4n) is 5.72. The van der Waals surface area contributed by atoms with Crippen LogP contribution in [0.15, 0.2) is 0 Å². The highest BCUT2D eigenvalue weighted by Crippen LogP contribution is 2.33. The largest absolute Gasteiger partial charge is 0.435 e. The summed E-state index contributed by atoms with van der Waals surface area (Å²) < 4.78 is 32.8. The molecule has 0 aliphatic rings. The van der Waals surface area contributed by atoms with Gasteiger partial charge in [-0.15, -0.1) is 0 Å².